The fourth-order valence-corrected chi connectivity index (χ4v) is 6.31. The number of benzene rings is 3. The highest BCUT2D eigenvalue weighted by molar-refractivity contribution is 6.40. The van der Waals surface area contributed by atoms with Gasteiger partial charge in [0.05, 0.1) is 30.1 Å². The summed E-state index contributed by atoms with van der Waals surface area (Å²) in [6.07, 6.45) is 1.31. The number of anilines is 3. The number of nitrogens with zero attached hydrogens (tertiary/aromatic N) is 6. The predicted molar refractivity (Wildman–Crippen MR) is 196 cm³/mol. The Labute approximate surface area is 310 Å². The molecule has 4 amide bonds. The molecular formula is C36H40ClN9O7. The summed E-state index contributed by atoms with van der Waals surface area (Å²) in [4.78, 5) is 69.4. The summed E-state index contributed by atoms with van der Waals surface area (Å²) < 4.78 is 6.43. The second kappa shape index (κ2) is 16.8. The SMILES string of the molecule is COCCN1CCN(c2ccc(C(C(NC(=O)C(=O)Nc3cc(Cl)ccc3-n3cnnn3)C(=O)Nc3ccc(C(=O)O)cc3)C(C)(C)C)cc2)C(=O)C1. The molecule has 2 unspecified atom stereocenters. The number of rotatable bonds is 12. The second-order valence-electron chi connectivity index (χ2n) is 13.4. The molecule has 2 atom stereocenters. The maximum Gasteiger partial charge on any atom is 0.335 e. The Bertz CT molecular complexity index is 1950. The summed E-state index contributed by atoms with van der Waals surface area (Å²) in [5.74, 6) is -4.75. The van der Waals surface area contributed by atoms with E-state index in [2.05, 4.69) is 31.5 Å². The number of hydrogen-bond acceptors (Lipinski definition) is 10. The lowest BCUT2D eigenvalue weighted by Gasteiger charge is -2.38. The number of aromatic carboxylic acids is 1. The normalized spacial score (nSPS) is 14.7. The van der Waals surface area contributed by atoms with Crippen molar-refractivity contribution < 1.29 is 33.8 Å². The molecule has 1 aliphatic rings. The van der Waals surface area contributed by atoms with Crippen LogP contribution in [0.1, 0.15) is 42.6 Å². The van der Waals surface area contributed by atoms with E-state index in [0.29, 0.717) is 43.2 Å². The molecule has 16 nitrogen and oxygen atoms in total. The third-order valence-electron chi connectivity index (χ3n) is 8.72. The van der Waals surface area contributed by atoms with Gasteiger partial charge in [-0.1, -0.05) is 44.5 Å². The first-order valence-electron chi connectivity index (χ1n) is 16.7. The summed E-state index contributed by atoms with van der Waals surface area (Å²) in [5, 5.41) is 28.6. The van der Waals surface area contributed by atoms with Crippen LogP contribution in [0.5, 0.6) is 0 Å². The highest BCUT2D eigenvalue weighted by Gasteiger charge is 2.40. The number of halogens is 1. The molecule has 1 fully saturated rings. The Balaban J connectivity index is 1.43. The fraction of sp³-hybridized carbons (Fsp3) is 0.333. The topological polar surface area (TPSA) is 201 Å². The highest BCUT2D eigenvalue weighted by Crippen LogP contribution is 2.39. The number of ether oxygens (including phenoxy) is 1. The molecule has 4 N–H and O–H groups in total. The standard InChI is InChI=1S/C36H40ClN9O7/c1-36(2,3)30(22-7-12-26(13-8-22)45-16-15-44(17-18-53-4)20-29(45)47)31(32(48)39-25-10-5-23(6-11-25)35(51)52)41-34(50)33(49)40-27-19-24(37)9-14-28(27)46-21-38-42-43-46/h5-14,19,21,30-31H,15-18,20H2,1-4H3,(H,39,48)(H,40,49)(H,41,50)(H,51,52). The maximum absolute atomic E-state index is 14.1. The zero-order valence-electron chi connectivity index (χ0n) is 29.6. The molecule has 2 heterocycles. The molecule has 0 spiro atoms. The van der Waals surface area contributed by atoms with Gasteiger partial charge in [-0.2, -0.15) is 4.68 Å². The number of tetrazole rings is 1. The molecule has 1 aliphatic heterocycles. The van der Waals surface area contributed by atoms with Crippen molar-refractivity contribution in [1.29, 1.82) is 0 Å². The van der Waals surface area contributed by atoms with Crippen molar-refractivity contribution in [2.75, 3.05) is 55.4 Å². The Morgan fingerprint density at radius 1 is 0.962 bits per heavy atom. The monoisotopic (exact) mass is 745 g/mol. The molecule has 278 valence electrons. The summed E-state index contributed by atoms with van der Waals surface area (Å²) in [6.45, 7) is 8.29. The number of carboxylic acid groups (broad SMARTS) is 1. The lowest BCUT2D eigenvalue weighted by molar-refractivity contribution is -0.138. The number of methoxy groups -OCH3 is 1. The van der Waals surface area contributed by atoms with Gasteiger partial charge in [-0.15, -0.1) is 5.10 Å². The minimum atomic E-state index is -1.32. The molecule has 1 saturated heterocycles. The average Bonchev–Trinajstić information content (AvgIpc) is 3.65. The fourth-order valence-electron chi connectivity index (χ4n) is 6.14. The van der Waals surface area contributed by atoms with E-state index in [4.69, 9.17) is 16.3 Å². The Morgan fingerprint density at radius 2 is 1.68 bits per heavy atom. The second-order valence-corrected chi connectivity index (χ2v) is 13.9. The number of hydrogen-bond donors (Lipinski definition) is 4. The van der Waals surface area contributed by atoms with Gasteiger partial charge in [-0.05, 0) is 76.0 Å². The van der Waals surface area contributed by atoms with Crippen LogP contribution in [0.15, 0.2) is 73.1 Å². The molecule has 0 radical (unpaired) electrons. The van der Waals surface area contributed by atoms with Crippen LogP contribution < -0.4 is 20.9 Å². The molecule has 5 rings (SSSR count). The van der Waals surface area contributed by atoms with Gasteiger partial charge in [0, 0.05) is 49.1 Å². The molecule has 53 heavy (non-hydrogen) atoms. The summed E-state index contributed by atoms with van der Waals surface area (Å²) in [5.41, 5.74) is 1.44. The zero-order valence-corrected chi connectivity index (χ0v) is 30.3. The number of carbonyl (C=O) groups excluding carboxylic acids is 4. The number of carbonyl (C=O) groups is 5. The highest BCUT2D eigenvalue weighted by atomic mass is 35.5. The number of aromatic nitrogens is 4. The molecule has 1 aromatic heterocycles. The van der Waals surface area contributed by atoms with Gasteiger partial charge < -0.3 is 30.7 Å². The van der Waals surface area contributed by atoms with E-state index in [-0.39, 0.29) is 34.4 Å². The van der Waals surface area contributed by atoms with Crippen LogP contribution in [0.25, 0.3) is 5.69 Å². The lowest BCUT2D eigenvalue weighted by atomic mass is 9.71. The number of piperazine rings is 1. The van der Waals surface area contributed by atoms with Crippen molar-refractivity contribution in [1.82, 2.24) is 30.4 Å². The molecule has 0 aliphatic carbocycles. The largest absolute Gasteiger partial charge is 0.478 e. The molecular weight excluding hydrogens is 706 g/mol. The molecule has 0 bridgehead atoms. The van der Waals surface area contributed by atoms with Crippen LogP contribution in [0.3, 0.4) is 0 Å². The smallest absolute Gasteiger partial charge is 0.335 e. The van der Waals surface area contributed by atoms with Gasteiger partial charge in [-0.3, -0.25) is 24.1 Å². The summed E-state index contributed by atoms with van der Waals surface area (Å²) in [6, 6.07) is 16.0. The van der Waals surface area contributed by atoms with Gasteiger partial charge >= 0.3 is 17.8 Å². The third-order valence-corrected chi connectivity index (χ3v) is 8.95. The van der Waals surface area contributed by atoms with E-state index >= 15 is 0 Å². The number of amides is 4. The molecule has 17 heteroatoms. The van der Waals surface area contributed by atoms with Crippen molar-refractivity contribution in [2.24, 2.45) is 5.41 Å². The van der Waals surface area contributed by atoms with Gasteiger partial charge in [0.25, 0.3) is 0 Å². The number of nitrogens with one attached hydrogen (secondary N) is 3. The zero-order chi connectivity index (χ0) is 38.3. The van der Waals surface area contributed by atoms with E-state index < -0.39 is 41.1 Å². The van der Waals surface area contributed by atoms with E-state index in [1.807, 2.05) is 25.7 Å². The maximum atomic E-state index is 14.1. The first kappa shape index (κ1) is 38.5. The van der Waals surface area contributed by atoms with Crippen LogP contribution >= 0.6 is 11.6 Å². The van der Waals surface area contributed by atoms with E-state index in [9.17, 15) is 29.1 Å². The predicted octanol–water partition coefficient (Wildman–Crippen LogP) is 3.20. The quantitative estimate of drug-likeness (QED) is 0.155. The van der Waals surface area contributed by atoms with Crippen LogP contribution in [0.2, 0.25) is 5.02 Å². The minimum Gasteiger partial charge on any atom is -0.478 e. The first-order valence-corrected chi connectivity index (χ1v) is 17.0. The van der Waals surface area contributed by atoms with Gasteiger partial charge in [0.15, 0.2) is 0 Å². The van der Waals surface area contributed by atoms with Crippen LogP contribution in [-0.4, -0.2) is 106 Å². The van der Waals surface area contributed by atoms with E-state index in [1.54, 1.807) is 48.4 Å². The Morgan fingerprint density at radius 3 is 2.28 bits per heavy atom. The van der Waals surface area contributed by atoms with Crippen molar-refractivity contribution in [2.45, 2.75) is 32.7 Å². The third kappa shape index (κ3) is 9.59. The van der Waals surface area contributed by atoms with Crippen molar-refractivity contribution >= 4 is 58.3 Å². The molecule has 4 aromatic rings. The Hall–Kier alpha value is -5.71. The van der Waals surface area contributed by atoms with Crippen LogP contribution in [0.4, 0.5) is 17.1 Å². The van der Waals surface area contributed by atoms with Crippen molar-refractivity contribution in [3.05, 3.63) is 89.2 Å². The van der Waals surface area contributed by atoms with Gasteiger partial charge in [0.1, 0.15) is 12.4 Å². The van der Waals surface area contributed by atoms with Gasteiger partial charge in [0.2, 0.25) is 11.8 Å². The summed E-state index contributed by atoms with van der Waals surface area (Å²) in [7, 11) is 1.62. The van der Waals surface area contributed by atoms with Gasteiger partial charge in [-0.25, -0.2) is 4.79 Å². The van der Waals surface area contributed by atoms with Crippen LogP contribution in [0, 0.1) is 5.41 Å². The van der Waals surface area contributed by atoms with Crippen molar-refractivity contribution in [3.8, 4) is 5.69 Å². The minimum absolute atomic E-state index is 0.0223. The first-order chi connectivity index (χ1) is 25.2. The average molecular weight is 746 g/mol. The van der Waals surface area contributed by atoms with E-state index in [1.165, 1.54) is 41.3 Å². The molecule has 0 saturated carbocycles. The number of carboxylic acids is 1. The van der Waals surface area contributed by atoms with Crippen LogP contribution in [-0.2, 0) is 23.9 Å². The lowest BCUT2D eigenvalue weighted by Crippen LogP contribution is -2.53. The van der Waals surface area contributed by atoms with Crippen molar-refractivity contribution in [3.63, 3.8) is 0 Å². The summed E-state index contributed by atoms with van der Waals surface area (Å²) >= 11 is 6.20. The van der Waals surface area contributed by atoms with E-state index in [0.717, 1.165) is 0 Å². The Kier molecular flexibility index (Phi) is 12.2. The molecule has 3 aromatic carbocycles.